The predicted molar refractivity (Wildman–Crippen MR) is 66.7 cm³/mol. The summed E-state index contributed by atoms with van der Waals surface area (Å²) in [6.07, 6.45) is 1.21. The third kappa shape index (κ3) is 1.75. The average molecular weight is 286 g/mol. The van der Waals surface area contributed by atoms with Crippen LogP contribution in [0, 0.1) is 0 Å². The summed E-state index contributed by atoms with van der Waals surface area (Å²) in [7, 11) is 1.66. The van der Waals surface area contributed by atoms with Crippen LogP contribution in [0.15, 0.2) is 22.7 Å². The number of nitrogens with two attached hydrogens (primary N) is 1. The van der Waals surface area contributed by atoms with Crippen LogP contribution in [0.25, 0.3) is 0 Å². The number of hydrogen-bond acceptors (Lipinski definition) is 3. The monoisotopic (exact) mass is 285 g/mol. The summed E-state index contributed by atoms with van der Waals surface area (Å²) in [4.78, 5) is 0. The van der Waals surface area contributed by atoms with E-state index < -0.39 is 0 Å². The van der Waals surface area contributed by atoms with Crippen LogP contribution >= 0.6 is 15.9 Å². The second-order valence-corrected chi connectivity index (χ2v) is 5.22. The van der Waals surface area contributed by atoms with E-state index in [2.05, 4.69) is 15.9 Å². The van der Waals surface area contributed by atoms with Gasteiger partial charge in [0.05, 0.1) is 17.7 Å². The quantitative estimate of drug-likeness (QED) is 0.891. The SMILES string of the molecule is COc1c(Br)cccc1C1(CN)CC(O)C1. The van der Waals surface area contributed by atoms with E-state index in [0.29, 0.717) is 6.54 Å². The molecule has 1 saturated carbocycles. The summed E-state index contributed by atoms with van der Waals surface area (Å²) in [6, 6.07) is 5.95. The first-order valence-electron chi connectivity index (χ1n) is 5.34. The Labute approximate surface area is 104 Å². The van der Waals surface area contributed by atoms with Crippen molar-refractivity contribution in [2.24, 2.45) is 5.73 Å². The zero-order valence-corrected chi connectivity index (χ0v) is 10.8. The lowest BCUT2D eigenvalue weighted by Gasteiger charge is -2.45. The van der Waals surface area contributed by atoms with Crippen molar-refractivity contribution >= 4 is 15.9 Å². The second-order valence-electron chi connectivity index (χ2n) is 4.37. The van der Waals surface area contributed by atoms with Crippen LogP contribution in [0.1, 0.15) is 18.4 Å². The smallest absolute Gasteiger partial charge is 0.136 e. The number of rotatable bonds is 3. The standard InChI is InChI=1S/C12H16BrNO2/c1-16-11-9(3-2-4-10(11)13)12(7-14)5-8(15)6-12/h2-4,8,15H,5-7,14H2,1H3. The molecule has 1 fully saturated rings. The van der Waals surface area contributed by atoms with Crippen LogP contribution < -0.4 is 10.5 Å². The summed E-state index contributed by atoms with van der Waals surface area (Å²) in [5.74, 6) is 0.833. The minimum Gasteiger partial charge on any atom is -0.495 e. The van der Waals surface area contributed by atoms with Gasteiger partial charge in [-0.1, -0.05) is 12.1 Å². The van der Waals surface area contributed by atoms with E-state index >= 15 is 0 Å². The fourth-order valence-corrected chi connectivity index (χ4v) is 3.00. The van der Waals surface area contributed by atoms with Crippen molar-refractivity contribution < 1.29 is 9.84 Å². The molecule has 1 aromatic rings. The Kier molecular flexibility index (Phi) is 3.24. The van der Waals surface area contributed by atoms with Gasteiger partial charge in [-0.3, -0.25) is 0 Å². The van der Waals surface area contributed by atoms with Gasteiger partial charge in [0.2, 0.25) is 0 Å². The van der Waals surface area contributed by atoms with Gasteiger partial charge < -0.3 is 15.6 Å². The number of ether oxygens (including phenoxy) is 1. The minimum atomic E-state index is -0.229. The van der Waals surface area contributed by atoms with Gasteiger partial charge in [-0.2, -0.15) is 0 Å². The van der Waals surface area contributed by atoms with Gasteiger partial charge in [0.25, 0.3) is 0 Å². The summed E-state index contributed by atoms with van der Waals surface area (Å²) < 4.78 is 6.34. The van der Waals surface area contributed by atoms with E-state index in [1.165, 1.54) is 0 Å². The molecule has 0 radical (unpaired) electrons. The molecular formula is C12H16BrNO2. The van der Waals surface area contributed by atoms with Crippen molar-refractivity contribution in [1.82, 2.24) is 0 Å². The second kappa shape index (κ2) is 4.35. The van der Waals surface area contributed by atoms with Gasteiger partial charge >= 0.3 is 0 Å². The zero-order chi connectivity index (χ0) is 11.8. The number of benzene rings is 1. The molecule has 0 amide bonds. The molecule has 16 heavy (non-hydrogen) atoms. The first-order chi connectivity index (χ1) is 7.63. The van der Waals surface area contributed by atoms with Gasteiger partial charge in [-0.15, -0.1) is 0 Å². The molecular weight excluding hydrogens is 270 g/mol. The molecule has 3 nitrogen and oxygen atoms in total. The molecule has 0 atom stereocenters. The molecule has 0 aromatic heterocycles. The summed E-state index contributed by atoms with van der Waals surface area (Å²) in [5, 5.41) is 9.50. The largest absolute Gasteiger partial charge is 0.495 e. The molecule has 2 rings (SSSR count). The summed E-state index contributed by atoms with van der Waals surface area (Å²) in [5.41, 5.74) is 6.83. The van der Waals surface area contributed by atoms with Gasteiger partial charge in [0.15, 0.2) is 0 Å². The van der Waals surface area contributed by atoms with Crippen LogP contribution in [0.2, 0.25) is 0 Å². The van der Waals surface area contributed by atoms with Crippen molar-refractivity contribution in [3.8, 4) is 5.75 Å². The number of methoxy groups -OCH3 is 1. The highest BCUT2D eigenvalue weighted by atomic mass is 79.9. The average Bonchev–Trinajstić information content (AvgIpc) is 2.24. The van der Waals surface area contributed by atoms with E-state index in [4.69, 9.17) is 10.5 Å². The first kappa shape index (κ1) is 11.9. The van der Waals surface area contributed by atoms with Gasteiger partial charge in [-0.25, -0.2) is 0 Å². The molecule has 0 aliphatic heterocycles. The molecule has 0 saturated heterocycles. The Morgan fingerprint density at radius 2 is 2.25 bits per heavy atom. The molecule has 3 N–H and O–H groups in total. The highest BCUT2D eigenvalue weighted by Crippen LogP contribution is 2.48. The fourth-order valence-electron chi connectivity index (χ4n) is 2.47. The lowest BCUT2D eigenvalue weighted by Crippen LogP contribution is -2.50. The van der Waals surface area contributed by atoms with E-state index in [1.807, 2.05) is 18.2 Å². The Morgan fingerprint density at radius 1 is 1.56 bits per heavy atom. The molecule has 1 aliphatic rings. The van der Waals surface area contributed by atoms with Crippen molar-refractivity contribution in [3.63, 3.8) is 0 Å². The molecule has 0 spiro atoms. The van der Waals surface area contributed by atoms with Crippen LogP contribution in [0.4, 0.5) is 0 Å². The van der Waals surface area contributed by atoms with Crippen LogP contribution in [0.5, 0.6) is 5.75 Å². The molecule has 0 unspecified atom stereocenters. The zero-order valence-electron chi connectivity index (χ0n) is 9.24. The van der Waals surface area contributed by atoms with Crippen LogP contribution in [-0.2, 0) is 5.41 Å². The highest BCUT2D eigenvalue weighted by molar-refractivity contribution is 9.10. The predicted octanol–water partition coefficient (Wildman–Crippen LogP) is 1.81. The highest BCUT2D eigenvalue weighted by Gasteiger charge is 2.45. The number of aliphatic hydroxyl groups is 1. The summed E-state index contributed by atoms with van der Waals surface area (Å²) in [6.45, 7) is 0.539. The minimum absolute atomic E-state index is 0.117. The fraction of sp³-hybridized carbons (Fsp3) is 0.500. The maximum atomic E-state index is 9.50. The van der Waals surface area contributed by atoms with Gasteiger partial charge in [0.1, 0.15) is 5.75 Å². The Hall–Kier alpha value is -0.580. The third-order valence-corrected chi connectivity index (χ3v) is 4.01. The van der Waals surface area contributed by atoms with Gasteiger partial charge in [-0.05, 0) is 34.8 Å². The molecule has 0 heterocycles. The third-order valence-electron chi connectivity index (χ3n) is 3.39. The van der Waals surface area contributed by atoms with E-state index in [1.54, 1.807) is 7.11 Å². The van der Waals surface area contributed by atoms with Crippen LogP contribution in [0.3, 0.4) is 0 Å². The summed E-state index contributed by atoms with van der Waals surface area (Å²) >= 11 is 3.47. The van der Waals surface area contributed by atoms with E-state index in [0.717, 1.165) is 28.6 Å². The van der Waals surface area contributed by atoms with Crippen molar-refractivity contribution in [1.29, 1.82) is 0 Å². The number of hydrogen-bond donors (Lipinski definition) is 2. The molecule has 0 bridgehead atoms. The van der Waals surface area contributed by atoms with Crippen molar-refractivity contribution in [2.75, 3.05) is 13.7 Å². The van der Waals surface area contributed by atoms with Gasteiger partial charge in [0, 0.05) is 17.5 Å². The van der Waals surface area contributed by atoms with Crippen molar-refractivity contribution in [2.45, 2.75) is 24.4 Å². The topological polar surface area (TPSA) is 55.5 Å². The number of para-hydroxylation sites is 1. The maximum Gasteiger partial charge on any atom is 0.136 e. The van der Waals surface area contributed by atoms with E-state index in [9.17, 15) is 5.11 Å². The molecule has 1 aromatic carbocycles. The number of halogens is 1. The molecule has 1 aliphatic carbocycles. The lowest BCUT2D eigenvalue weighted by molar-refractivity contribution is 0.0210. The normalized spacial score (nSPS) is 28.6. The first-order valence-corrected chi connectivity index (χ1v) is 6.13. The van der Waals surface area contributed by atoms with E-state index in [-0.39, 0.29) is 11.5 Å². The molecule has 4 heteroatoms. The van der Waals surface area contributed by atoms with Crippen molar-refractivity contribution in [3.05, 3.63) is 28.2 Å². The number of aliphatic hydroxyl groups excluding tert-OH is 1. The molecule has 88 valence electrons. The van der Waals surface area contributed by atoms with Crippen LogP contribution in [-0.4, -0.2) is 24.9 Å². The lowest BCUT2D eigenvalue weighted by atomic mass is 9.62. The maximum absolute atomic E-state index is 9.50. The Morgan fingerprint density at radius 3 is 2.75 bits per heavy atom. The Balaban J connectivity index is 2.43. The Bertz CT molecular complexity index is 389.